The van der Waals surface area contributed by atoms with E-state index < -0.39 is 0 Å². The van der Waals surface area contributed by atoms with E-state index in [-0.39, 0.29) is 22.3 Å². The average molecular weight is 351 g/mol. The highest BCUT2D eigenvalue weighted by atomic mass is 32.2. The Kier molecular flexibility index (Phi) is 4.55. The summed E-state index contributed by atoms with van der Waals surface area (Å²) in [6.45, 7) is 8.00. The molecule has 6 nitrogen and oxygen atoms in total. The lowest BCUT2D eigenvalue weighted by Crippen LogP contribution is -2.56. The molecule has 132 valence electrons. The number of carbonyl (C=O) groups excluding carboxylic acids is 2. The molecule has 2 aliphatic rings. The molecule has 0 saturated carbocycles. The van der Waals surface area contributed by atoms with Gasteiger partial charge in [0, 0.05) is 30.9 Å². The predicted octanol–water partition coefficient (Wildman–Crippen LogP) is 2.77. The summed E-state index contributed by atoms with van der Waals surface area (Å²) in [5, 5.41) is 3.01. The van der Waals surface area contributed by atoms with Crippen LogP contribution in [0.1, 0.15) is 44.2 Å². The van der Waals surface area contributed by atoms with Crippen LogP contribution in [-0.4, -0.2) is 57.5 Å². The first kappa shape index (κ1) is 17.2. The second-order valence-corrected chi connectivity index (χ2v) is 8.85. The van der Waals surface area contributed by atoms with Gasteiger partial charge in [0.15, 0.2) is 5.76 Å². The molecule has 2 saturated heterocycles. The Morgan fingerprint density at radius 1 is 1.25 bits per heavy atom. The van der Waals surface area contributed by atoms with Crippen molar-refractivity contribution in [2.24, 2.45) is 0 Å². The first-order chi connectivity index (χ1) is 11.3. The molecule has 7 heteroatoms. The molecule has 0 bridgehead atoms. The van der Waals surface area contributed by atoms with Gasteiger partial charge >= 0.3 is 6.03 Å². The van der Waals surface area contributed by atoms with Crippen LogP contribution in [-0.2, 0) is 0 Å². The van der Waals surface area contributed by atoms with E-state index in [1.165, 1.54) is 6.26 Å². The molecular weight excluding hydrogens is 326 g/mol. The van der Waals surface area contributed by atoms with Crippen LogP contribution in [0.4, 0.5) is 4.79 Å². The first-order valence-electron chi connectivity index (χ1n) is 8.37. The largest absolute Gasteiger partial charge is 0.459 e. The molecule has 0 atom stereocenters. The van der Waals surface area contributed by atoms with Gasteiger partial charge in [0.05, 0.1) is 11.1 Å². The van der Waals surface area contributed by atoms with Gasteiger partial charge in [0.1, 0.15) is 0 Å². The van der Waals surface area contributed by atoms with Crippen molar-refractivity contribution in [2.45, 2.75) is 44.0 Å². The van der Waals surface area contributed by atoms with Crippen LogP contribution in [0.15, 0.2) is 22.8 Å². The van der Waals surface area contributed by atoms with Crippen molar-refractivity contribution in [1.82, 2.24) is 15.1 Å². The van der Waals surface area contributed by atoms with Gasteiger partial charge in [-0.3, -0.25) is 4.79 Å². The number of furan rings is 1. The van der Waals surface area contributed by atoms with Gasteiger partial charge in [-0.05, 0) is 45.7 Å². The zero-order valence-electron chi connectivity index (χ0n) is 14.5. The number of hydrogen-bond donors (Lipinski definition) is 1. The molecule has 1 spiro atoms. The van der Waals surface area contributed by atoms with Crippen LogP contribution in [0.5, 0.6) is 0 Å². The third-order valence-corrected chi connectivity index (χ3v) is 6.02. The third kappa shape index (κ3) is 3.41. The van der Waals surface area contributed by atoms with Crippen LogP contribution in [0.3, 0.4) is 0 Å². The average Bonchev–Trinajstić information content (AvgIpc) is 3.16. The number of likely N-dealkylation sites (tertiary alicyclic amines) is 1. The number of hydrogen-bond acceptors (Lipinski definition) is 4. The van der Waals surface area contributed by atoms with Crippen LogP contribution in [0, 0.1) is 0 Å². The van der Waals surface area contributed by atoms with Crippen LogP contribution >= 0.6 is 11.8 Å². The molecule has 3 rings (SSSR count). The van der Waals surface area contributed by atoms with Crippen molar-refractivity contribution in [3.63, 3.8) is 0 Å². The van der Waals surface area contributed by atoms with E-state index in [1.54, 1.807) is 12.1 Å². The highest BCUT2D eigenvalue weighted by Crippen LogP contribution is 2.44. The van der Waals surface area contributed by atoms with E-state index >= 15 is 0 Å². The molecule has 2 fully saturated rings. The van der Waals surface area contributed by atoms with E-state index in [1.807, 2.05) is 42.3 Å². The molecule has 1 N–H and O–H groups in total. The van der Waals surface area contributed by atoms with Gasteiger partial charge in [-0.2, -0.15) is 0 Å². The van der Waals surface area contributed by atoms with Crippen molar-refractivity contribution in [1.29, 1.82) is 0 Å². The molecule has 2 aliphatic heterocycles. The standard InChI is InChI=1S/C17H25N3O3S/c1-16(2,3)18-15(22)19-8-6-17(7-9-19)20(10-12-24-17)14(21)13-5-4-11-23-13/h4-5,11H,6-10,12H2,1-3H3,(H,18,22). The number of rotatable bonds is 1. The fraction of sp³-hybridized carbons (Fsp3) is 0.647. The third-order valence-electron chi connectivity index (χ3n) is 4.47. The summed E-state index contributed by atoms with van der Waals surface area (Å²) in [5.41, 5.74) is -0.240. The summed E-state index contributed by atoms with van der Waals surface area (Å²) in [7, 11) is 0. The minimum absolute atomic E-state index is 0.0238. The number of amides is 3. The molecular formula is C17H25N3O3S. The Hall–Kier alpha value is -1.63. The molecule has 0 aromatic carbocycles. The summed E-state index contributed by atoms with van der Waals surface area (Å²) in [5.74, 6) is 1.28. The van der Waals surface area contributed by atoms with E-state index in [9.17, 15) is 9.59 Å². The molecule has 3 heterocycles. The number of thioether (sulfide) groups is 1. The maximum absolute atomic E-state index is 12.7. The number of nitrogens with one attached hydrogen (secondary N) is 1. The summed E-state index contributed by atoms with van der Waals surface area (Å²) in [6.07, 6.45) is 3.12. The van der Waals surface area contributed by atoms with Gasteiger partial charge < -0.3 is 19.5 Å². The van der Waals surface area contributed by atoms with E-state index in [4.69, 9.17) is 4.42 Å². The molecule has 3 amide bonds. The lowest BCUT2D eigenvalue weighted by molar-refractivity contribution is 0.0548. The lowest BCUT2D eigenvalue weighted by Gasteiger charge is -2.44. The van der Waals surface area contributed by atoms with Crippen LogP contribution in [0.2, 0.25) is 0 Å². The van der Waals surface area contributed by atoms with Gasteiger partial charge in [0.25, 0.3) is 5.91 Å². The van der Waals surface area contributed by atoms with E-state index in [0.29, 0.717) is 18.8 Å². The van der Waals surface area contributed by atoms with Gasteiger partial charge in [-0.1, -0.05) is 0 Å². The summed E-state index contributed by atoms with van der Waals surface area (Å²) >= 11 is 1.83. The molecule has 0 unspecified atom stereocenters. The zero-order chi connectivity index (χ0) is 17.4. The Balaban J connectivity index is 1.65. The quantitative estimate of drug-likeness (QED) is 0.845. The predicted molar refractivity (Wildman–Crippen MR) is 94.0 cm³/mol. The van der Waals surface area contributed by atoms with Crippen LogP contribution in [0.25, 0.3) is 0 Å². The topological polar surface area (TPSA) is 65.8 Å². The molecule has 0 radical (unpaired) electrons. The number of carbonyl (C=O) groups is 2. The highest BCUT2D eigenvalue weighted by molar-refractivity contribution is 8.00. The molecule has 1 aromatic heterocycles. The summed E-state index contributed by atoms with van der Waals surface area (Å²) < 4.78 is 5.28. The Morgan fingerprint density at radius 3 is 2.54 bits per heavy atom. The van der Waals surface area contributed by atoms with E-state index in [0.717, 1.165) is 25.1 Å². The van der Waals surface area contributed by atoms with Gasteiger partial charge in [-0.25, -0.2) is 4.79 Å². The highest BCUT2D eigenvalue weighted by Gasteiger charge is 2.47. The fourth-order valence-corrected chi connectivity index (χ4v) is 4.76. The maximum atomic E-state index is 12.7. The fourth-order valence-electron chi connectivity index (χ4n) is 3.30. The van der Waals surface area contributed by atoms with Crippen molar-refractivity contribution >= 4 is 23.7 Å². The van der Waals surface area contributed by atoms with Crippen molar-refractivity contribution in [3.8, 4) is 0 Å². The summed E-state index contributed by atoms with van der Waals surface area (Å²) in [4.78, 5) is 28.6. The Morgan fingerprint density at radius 2 is 1.96 bits per heavy atom. The second kappa shape index (κ2) is 6.35. The van der Waals surface area contributed by atoms with Crippen molar-refractivity contribution < 1.29 is 14.0 Å². The van der Waals surface area contributed by atoms with Crippen molar-refractivity contribution in [3.05, 3.63) is 24.2 Å². The summed E-state index contributed by atoms with van der Waals surface area (Å²) in [6, 6.07) is 3.43. The number of nitrogens with zero attached hydrogens (tertiary/aromatic N) is 2. The smallest absolute Gasteiger partial charge is 0.317 e. The van der Waals surface area contributed by atoms with Gasteiger partial charge in [0.2, 0.25) is 0 Å². The molecule has 24 heavy (non-hydrogen) atoms. The minimum atomic E-state index is -0.240. The van der Waals surface area contributed by atoms with Crippen molar-refractivity contribution in [2.75, 3.05) is 25.4 Å². The lowest BCUT2D eigenvalue weighted by atomic mass is 10.0. The number of piperidine rings is 1. The van der Waals surface area contributed by atoms with Gasteiger partial charge in [-0.15, -0.1) is 11.8 Å². The first-order valence-corrected chi connectivity index (χ1v) is 9.36. The zero-order valence-corrected chi connectivity index (χ0v) is 15.3. The number of urea groups is 1. The molecule has 1 aromatic rings. The van der Waals surface area contributed by atoms with E-state index in [2.05, 4.69) is 5.32 Å². The second-order valence-electron chi connectivity index (χ2n) is 7.40. The Labute approximate surface area is 146 Å². The normalized spacial score (nSPS) is 20.5. The Bertz CT molecular complexity index is 601. The van der Waals surface area contributed by atoms with Crippen LogP contribution < -0.4 is 5.32 Å². The molecule has 0 aliphatic carbocycles. The maximum Gasteiger partial charge on any atom is 0.317 e. The monoisotopic (exact) mass is 351 g/mol. The SMILES string of the molecule is CC(C)(C)NC(=O)N1CCC2(CC1)SCCN2C(=O)c1ccco1. The minimum Gasteiger partial charge on any atom is -0.459 e.